The summed E-state index contributed by atoms with van der Waals surface area (Å²) < 4.78 is 1.74. The molecule has 0 radical (unpaired) electrons. The zero-order valence-electron chi connectivity index (χ0n) is 11.8. The maximum atomic E-state index is 12.0. The van der Waals surface area contributed by atoms with Crippen molar-refractivity contribution in [1.29, 1.82) is 0 Å². The van der Waals surface area contributed by atoms with Gasteiger partial charge in [-0.3, -0.25) is 4.79 Å². The first-order valence-electron chi connectivity index (χ1n) is 6.30. The number of hydrogen-bond donors (Lipinski definition) is 2. The van der Waals surface area contributed by atoms with E-state index in [-0.39, 0.29) is 18.0 Å². The lowest BCUT2D eigenvalue weighted by atomic mass is 10.1. The number of nitrogens with two attached hydrogens (primary N) is 1. The van der Waals surface area contributed by atoms with Crippen LogP contribution in [0, 0.1) is 6.92 Å². The Labute approximate surface area is 112 Å². The molecule has 2 aromatic rings. The molecule has 0 atom stereocenters. The highest BCUT2D eigenvalue weighted by Crippen LogP contribution is 2.19. The van der Waals surface area contributed by atoms with Gasteiger partial charge in [0.15, 0.2) is 0 Å². The Bertz CT molecular complexity index is 622. The van der Waals surface area contributed by atoms with Crippen LogP contribution < -0.4 is 11.1 Å². The minimum atomic E-state index is -0.252. The first-order chi connectivity index (χ1) is 8.76. The Hall–Kier alpha value is -2.04. The third-order valence-electron chi connectivity index (χ3n) is 2.75. The minimum absolute atomic E-state index is 0.0694. The molecule has 0 fully saturated rings. The molecule has 1 aromatic carbocycles. The second kappa shape index (κ2) is 4.57. The number of rotatable bonds is 2. The van der Waals surface area contributed by atoms with Crippen LogP contribution in [0.5, 0.6) is 0 Å². The van der Waals surface area contributed by atoms with Crippen molar-refractivity contribution >= 4 is 22.9 Å². The second-order valence-electron chi connectivity index (χ2n) is 5.85. The van der Waals surface area contributed by atoms with Gasteiger partial charge in [0.2, 0.25) is 11.9 Å². The van der Waals surface area contributed by atoms with E-state index in [1.165, 1.54) is 0 Å². The molecular formula is C14H20N4O. The number of carbonyl (C=O) groups is 1. The highest BCUT2D eigenvalue weighted by atomic mass is 16.2. The summed E-state index contributed by atoms with van der Waals surface area (Å²) in [5.74, 6) is 0.296. The summed E-state index contributed by atoms with van der Waals surface area (Å²) in [7, 11) is 0. The van der Waals surface area contributed by atoms with Crippen LogP contribution in [-0.4, -0.2) is 21.0 Å². The summed E-state index contributed by atoms with van der Waals surface area (Å²) >= 11 is 0. The van der Waals surface area contributed by atoms with Crippen molar-refractivity contribution < 1.29 is 4.79 Å². The first-order valence-corrected chi connectivity index (χ1v) is 6.30. The van der Waals surface area contributed by atoms with Gasteiger partial charge in [-0.2, -0.15) is 0 Å². The number of nitrogens with zero attached hydrogens (tertiary/aromatic N) is 2. The van der Waals surface area contributed by atoms with E-state index in [1.807, 2.05) is 45.9 Å². The van der Waals surface area contributed by atoms with Crippen LogP contribution >= 0.6 is 0 Å². The summed E-state index contributed by atoms with van der Waals surface area (Å²) in [6, 6.07) is 5.89. The molecule has 0 unspecified atom stereocenters. The molecule has 1 heterocycles. The van der Waals surface area contributed by atoms with E-state index in [0.717, 1.165) is 16.6 Å². The molecule has 0 aliphatic carbocycles. The van der Waals surface area contributed by atoms with Crippen LogP contribution in [0.4, 0.5) is 5.95 Å². The topological polar surface area (TPSA) is 72.9 Å². The van der Waals surface area contributed by atoms with E-state index < -0.39 is 0 Å². The molecule has 19 heavy (non-hydrogen) atoms. The van der Waals surface area contributed by atoms with Crippen LogP contribution in [0.2, 0.25) is 0 Å². The number of nitrogen functional groups attached to an aromatic ring is 1. The van der Waals surface area contributed by atoms with E-state index in [4.69, 9.17) is 5.73 Å². The quantitative estimate of drug-likeness (QED) is 0.865. The number of carbonyl (C=O) groups excluding carboxylic acids is 1. The van der Waals surface area contributed by atoms with Gasteiger partial charge in [-0.15, -0.1) is 0 Å². The Morgan fingerprint density at radius 1 is 1.42 bits per heavy atom. The fraction of sp³-hybridized carbons (Fsp3) is 0.429. The summed E-state index contributed by atoms with van der Waals surface area (Å²) in [4.78, 5) is 16.3. The van der Waals surface area contributed by atoms with Gasteiger partial charge in [-0.1, -0.05) is 6.07 Å². The van der Waals surface area contributed by atoms with Crippen LogP contribution in [0.3, 0.4) is 0 Å². The summed E-state index contributed by atoms with van der Waals surface area (Å²) in [5.41, 5.74) is 8.45. The van der Waals surface area contributed by atoms with Crippen molar-refractivity contribution in [3.05, 3.63) is 23.8 Å². The first kappa shape index (κ1) is 13.4. The molecule has 0 spiro atoms. The maximum Gasteiger partial charge on any atom is 0.240 e. The molecule has 0 saturated heterocycles. The number of fused-ring (bicyclic) bond motifs is 1. The van der Waals surface area contributed by atoms with Crippen LogP contribution in [0.15, 0.2) is 18.2 Å². The number of benzene rings is 1. The highest BCUT2D eigenvalue weighted by Gasteiger charge is 2.16. The normalized spacial score (nSPS) is 11.8. The molecular weight excluding hydrogens is 240 g/mol. The van der Waals surface area contributed by atoms with Gasteiger partial charge in [0.1, 0.15) is 6.54 Å². The van der Waals surface area contributed by atoms with Gasteiger partial charge in [-0.05, 0) is 45.4 Å². The van der Waals surface area contributed by atoms with Gasteiger partial charge in [0.05, 0.1) is 11.0 Å². The lowest BCUT2D eigenvalue weighted by Crippen LogP contribution is -2.42. The molecule has 2 rings (SSSR count). The van der Waals surface area contributed by atoms with Crippen LogP contribution in [0.1, 0.15) is 26.3 Å². The van der Waals surface area contributed by atoms with Gasteiger partial charge in [0.25, 0.3) is 0 Å². The largest absolute Gasteiger partial charge is 0.369 e. The Morgan fingerprint density at radius 2 is 2.11 bits per heavy atom. The number of aryl methyl sites for hydroxylation is 1. The number of aromatic nitrogens is 2. The fourth-order valence-corrected chi connectivity index (χ4v) is 2.02. The van der Waals surface area contributed by atoms with Crippen molar-refractivity contribution in [3.8, 4) is 0 Å². The van der Waals surface area contributed by atoms with Gasteiger partial charge >= 0.3 is 0 Å². The molecule has 0 aliphatic rings. The third kappa shape index (κ3) is 3.05. The van der Waals surface area contributed by atoms with Crippen molar-refractivity contribution in [3.63, 3.8) is 0 Å². The Balaban J connectivity index is 2.32. The number of imidazole rings is 1. The molecule has 0 bridgehead atoms. The summed E-state index contributed by atoms with van der Waals surface area (Å²) in [6.45, 7) is 8.03. The summed E-state index contributed by atoms with van der Waals surface area (Å²) in [5, 5.41) is 2.92. The van der Waals surface area contributed by atoms with E-state index in [9.17, 15) is 4.79 Å². The zero-order chi connectivity index (χ0) is 14.2. The van der Waals surface area contributed by atoms with Crippen molar-refractivity contribution in [1.82, 2.24) is 14.9 Å². The number of anilines is 1. The lowest BCUT2D eigenvalue weighted by Gasteiger charge is -2.20. The highest BCUT2D eigenvalue weighted by molar-refractivity contribution is 5.83. The third-order valence-corrected chi connectivity index (χ3v) is 2.75. The average molecular weight is 260 g/mol. The van der Waals surface area contributed by atoms with E-state index in [1.54, 1.807) is 4.57 Å². The Morgan fingerprint density at radius 3 is 2.74 bits per heavy atom. The predicted molar refractivity (Wildman–Crippen MR) is 76.8 cm³/mol. The van der Waals surface area contributed by atoms with Gasteiger partial charge in [0, 0.05) is 5.54 Å². The van der Waals surface area contributed by atoms with Crippen LogP contribution in [0.25, 0.3) is 11.0 Å². The molecule has 5 nitrogen and oxygen atoms in total. The molecule has 3 N–H and O–H groups in total. The van der Waals surface area contributed by atoms with Crippen LogP contribution in [-0.2, 0) is 11.3 Å². The fourth-order valence-electron chi connectivity index (χ4n) is 2.02. The molecule has 0 saturated carbocycles. The standard InChI is InChI=1S/C14H20N4O/c1-9-5-6-10-11(7-9)18(13(15)16-10)8-12(19)17-14(2,3)4/h5-7H,8H2,1-4H3,(H2,15,16)(H,17,19). The summed E-state index contributed by atoms with van der Waals surface area (Å²) in [6.07, 6.45) is 0. The van der Waals surface area contributed by atoms with E-state index >= 15 is 0 Å². The number of nitrogens with one attached hydrogen (secondary N) is 1. The lowest BCUT2D eigenvalue weighted by molar-refractivity contribution is -0.122. The minimum Gasteiger partial charge on any atom is -0.369 e. The molecule has 1 aromatic heterocycles. The monoisotopic (exact) mass is 260 g/mol. The predicted octanol–water partition coefficient (Wildman–Crippen LogP) is 1.84. The van der Waals surface area contributed by atoms with E-state index in [0.29, 0.717) is 5.95 Å². The van der Waals surface area contributed by atoms with Gasteiger partial charge in [-0.25, -0.2) is 4.98 Å². The second-order valence-corrected chi connectivity index (χ2v) is 5.85. The molecule has 102 valence electrons. The van der Waals surface area contributed by atoms with Crippen molar-refractivity contribution in [2.24, 2.45) is 0 Å². The number of amides is 1. The SMILES string of the molecule is Cc1ccc2nc(N)n(CC(=O)NC(C)(C)C)c2c1. The smallest absolute Gasteiger partial charge is 0.240 e. The average Bonchev–Trinajstić information content (AvgIpc) is 2.53. The molecule has 1 amide bonds. The maximum absolute atomic E-state index is 12.0. The molecule has 5 heteroatoms. The number of hydrogen-bond acceptors (Lipinski definition) is 3. The van der Waals surface area contributed by atoms with Crippen molar-refractivity contribution in [2.45, 2.75) is 39.8 Å². The Kier molecular flexibility index (Phi) is 3.22. The zero-order valence-corrected chi connectivity index (χ0v) is 11.8. The molecule has 0 aliphatic heterocycles. The van der Waals surface area contributed by atoms with Gasteiger partial charge < -0.3 is 15.6 Å². The van der Waals surface area contributed by atoms with Crippen molar-refractivity contribution in [2.75, 3.05) is 5.73 Å². The van der Waals surface area contributed by atoms with E-state index in [2.05, 4.69) is 10.3 Å².